The third kappa shape index (κ3) is 2.84. The van der Waals surface area contributed by atoms with Crippen LogP contribution in [0.5, 0.6) is 0 Å². The van der Waals surface area contributed by atoms with Gasteiger partial charge in [0, 0.05) is 26.2 Å². The van der Waals surface area contributed by atoms with Crippen molar-refractivity contribution >= 4 is 16.8 Å². The first-order chi connectivity index (χ1) is 10.1. The number of nitrogens with zero attached hydrogens (tertiary/aromatic N) is 2. The normalized spacial score (nSPS) is 19.7. The van der Waals surface area contributed by atoms with Gasteiger partial charge < -0.3 is 15.3 Å². The van der Waals surface area contributed by atoms with E-state index in [1.807, 2.05) is 6.07 Å². The standard InChI is InChI=1S/C14H18N4O3/c19-10-7-15-5-6-17(8-10)13(20)9-18-14(21)11-3-1-2-4-12(11)16-18/h1-4,10,15-16,19H,5-9H2/t10-/m1/s1. The molecule has 0 radical (unpaired) electrons. The Morgan fingerprint density at radius 2 is 2.19 bits per heavy atom. The molecule has 1 saturated heterocycles. The molecular weight excluding hydrogens is 272 g/mol. The Bertz CT molecular complexity index is 706. The number of aliphatic hydroxyl groups excluding tert-OH is 1. The first kappa shape index (κ1) is 13.8. The van der Waals surface area contributed by atoms with E-state index in [0.29, 0.717) is 37.1 Å². The molecule has 2 aromatic rings. The molecule has 1 aliphatic heterocycles. The van der Waals surface area contributed by atoms with Crippen LogP contribution in [-0.2, 0) is 11.3 Å². The van der Waals surface area contributed by atoms with Crippen LogP contribution in [0.15, 0.2) is 29.1 Å². The van der Waals surface area contributed by atoms with E-state index in [4.69, 9.17) is 0 Å². The number of hydrogen-bond acceptors (Lipinski definition) is 4. The molecule has 1 aromatic carbocycles. The number of carbonyl (C=O) groups is 1. The van der Waals surface area contributed by atoms with Crippen LogP contribution in [0.3, 0.4) is 0 Å². The lowest BCUT2D eigenvalue weighted by Gasteiger charge is -2.21. The molecule has 1 fully saturated rings. The number of benzene rings is 1. The minimum atomic E-state index is -0.573. The first-order valence-electron chi connectivity index (χ1n) is 6.99. The maximum absolute atomic E-state index is 12.3. The number of aromatic amines is 1. The number of rotatable bonds is 2. The van der Waals surface area contributed by atoms with E-state index in [2.05, 4.69) is 10.4 Å². The summed E-state index contributed by atoms with van der Waals surface area (Å²) in [6.45, 7) is 1.91. The van der Waals surface area contributed by atoms with Crippen LogP contribution in [0.4, 0.5) is 0 Å². The molecule has 0 bridgehead atoms. The van der Waals surface area contributed by atoms with Crippen LogP contribution < -0.4 is 10.9 Å². The van der Waals surface area contributed by atoms with Gasteiger partial charge in [-0.1, -0.05) is 12.1 Å². The minimum Gasteiger partial charge on any atom is -0.390 e. The van der Waals surface area contributed by atoms with Gasteiger partial charge in [0.2, 0.25) is 5.91 Å². The lowest BCUT2D eigenvalue weighted by molar-refractivity contribution is -0.132. The number of aliphatic hydroxyl groups is 1. The summed E-state index contributed by atoms with van der Waals surface area (Å²) < 4.78 is 1.32. The summed E-state index contributed by atoms with van der Waals surface area (Å²) in [6, 6.07) is 7.16. The van der Waals surface area contributed by atoms with E-state index in [1.165, 1.54) is 4.68 Å². The molecule has 112 valence electrons. The molecular formula is C14H18N4O3. The number of amides is 1. The van der Waals surface area contributed by atoms with Crippen molar-refractivity contribution in [2.45, 2.75) is 12.6 Å². The number of aromatic nitrogens is 2. The summed E-state index contributed by atoms with van der Waals surface area (Å²) >= 11 is 0. The van der Waals surface area contributed by atoms with Gasteiger partial charge in [-0.15, -0.1) is 0 Å². The molecule has 0 saturated carbocycles. The van der Waals surface area contributed by atoms with Crippen molar-refractivity contribution in [1.82, 2.24) is 20.0 Å². The second-order valence-electron chi connectivity index (χ2n) is 5.25. The number of para-hydroxylation sites is 1. The summed E-state index contributed by atoms with van der Waals surface area (Å²) in [5.41, 5.74) is 0.514. The molecule has 21 heavy (non-hydrogen) atoms. The highest BCUT2D eigenvalue weighted by Gasteiger charge is 2.21. The van der Waals surface area contributed by atoms with Gasteiger partial charge in [0.25, 0.3) is 5.56 Å². The number of H-pyrrole nitrogens is 1. The van der Waals surface area contributed by atoms with Gasteiger partial charge in [-0.25, -0.2) is 4.68 Å². The van der Waals surface area contributed by atoms with Crippen LogP contribution >= 0.6 is 0 Å². The van der Waals surface area contributed by atoms with E-state index in [-0.39, 0.29) is 18.0 Å². The average molecular weight is 290 g/mol. The molecule has 7 heteroatoms. The number of nitrogens with one attached hydrogen (secondary N) is 2. The largest absolute Gasteiger partial charge is 0.390 e. The minimum absolute atomic E-state index is 0.0414. The summed E-state index contributed by atoms with van der Waals surface area (Å²) in [7, 11) is 0. The van der Waals surface area contributed by atoms with Crippen LogP contribution in [0.2, 0.25) is 0 Å². The van der Waals surface area contributed by atoms with Crippen LogP contribution in [0, 0.1) is 0 Å². The van der Waals surface area contributed by atoms with Gasteiger partial charge in [-0.3, -0.25) is 14.7 Å². The second-order valence-corrected chi connectivity index (χ2v) is 5.25. The van der Waals surface area contributed by atoms with Crippen molar-refractivity contribution in [1.29, 1.82) is 0 Å². The molecule has 3 N–H and O–H groups in total. The summed E-state index contributed by atoms with van der Waals surface area (Å²) in [5.74, 6) is -0.175. The van der Waals surface area contributed by atoms with Crippen molar-refractivity contribution in [2.75, 3.05) is 26.2 Å². The van der Waals surface area contributed by atoms with Crippen molar-refractivity contribution in [3.05, 3.63) is 34.6 Å². The Balaban J connectivity index is 1.79. The van der Waals surface area contributed by atoms with Crippen LogP contribution in [0.25, 0.3) is 10.9 Å². The van der Waals surface area contributed by atoms with Crippen molar-refractivity contribution in [3.8, 4) is 0 Å². The lowest BCUT2D eigenvalue weighted by Crippen LogP contribution is -2.40. The highest BCUT2D eigenvalue weighted by Crippen LogP contribution is 2.06. The van der Waals surface area contributed by atoms with Crippen LogP contribution in [-0.4, -0.2) is 58.0 Å². The molecule has 1 aliphatic rings. The maximum Gasteiger partial charge on any atom is 0.274 e. The third-order valence-electron chi connectivity index (χ3n) is 3.67. The molecule has 2 heterocycles. The number of hydrogen-bond donors (Lipinski definition) is 3. The van der Waals surface area contributed by atoms with Crippen molar-refractivity contribution in [3.63, 3.8) is 0 Å². The van der Waals surface area contributed by atoms with E-state index < -0.39 is 6.10 Å². The van der Waals surface area contributed by atoms with Gasteiger partial charge in [-0.2, -0.15) is 0 Å². The molecule has 7 nitrogen and oxygen atoms in total. The SMILES string of the molecule is O=C(Cn1[nH]c2ccccc2c1=O)N1CCNC[C@@H](O)C1. The molecule has 0 aliphatic carbocycles. The van der Waals surface area contributed by atoms with Crippen LogP contribution in [0.1, 0.15) is 0 Å². The Kier molecular flexibility index (Phi) is 3.76. The average Bonchev–Trinajstić information content (AvgIpc) is 2.65. The zero-order valence-corrected chi connectivity index (χ0v) is 11.6. The predicted octanol–water partition coefficient (Wildman–Crippen LogP) is -0.878. The van der Waals surface area contributed by atoms with E-state index in [0.717, 1.165) is 0 Å². The number of carbonyl (C=O) groups excluding carboxylic acids is 1. The fourth-order valence-corrected chi connectivity index (χ4v) is 2.57. The van der Waals surface area contributed by atoms with E-state index in [1.54, 1.807) is 23.1 Å². The summed E-state index contributed by atoms with van der Waals surface area (Å²) in [5, 5.41) is 16.3. The fraction of sp³-hybridized carbons (Fsp3) is 0.429. The molecule has 1 amide bonds. The van der Waals surface area contributed by atoms with Gasteiger partial charge in [0.15, 0.2) is 0 Å². The van der Waals surface area contributed by atoms with E-state index in [9.17, 15) is 14.7 Å². The van der Waals surface area contributed by atoms with Gasteiger partial charge in [-0.05, 0) is 12.1 Å². The predicted molar refractivity (Wildman–Crippen MR) is 78.0 cm³/mol. The highest BCUT2D eigenvalue weighted by molar-refractivity contribution is 5.79. The zero-order valence-electron chi connectivity index (χ0n) is 11.6. The van der Waals surface area contributed by atoms with Crippen molar-refractivity contribution < 1.29 is 9.90 Å². The monoisotopic (exact) mass is 290 g/mol. The second kappa shape index (κ2) is 5.71. The summed E-state index contributed by atoms with van der Waals surface area (Å²) in [6.07, 6.45) is -0.573. The topological polar surface area (TPSA) is 90.4 Å². The quantitative estimate of drug-likeness (QED) is 0.670. The number of β-amino-alcohol motifs (C(OH)–C–C–N with tert-alkyl or cyclic N) is 1. The molecule has 3 rings (SSSR count). The Morgan fingerprint density at radius 3 is 3.00 bits per heavy atom. The summed E-state index contributed by atoms with van der Waals surface area (Å²) in [4.78, 5) is 26.1. The van der Waals surface area contributed by atoms with E-state index >= 15 is 0 Å². The van der Waals surface area contributed by atoms with Gasteiger partial charge in [0.05, 0.1) is 17.0 Å². The third-order valence-corrected chi connectivity index (χ3v) is 3.67. The zero-order chi connectivity index (χ0) is 14.8. The Labute approximate surface area is 121 Å². The van der Waals surface area contributed by atoms with Gasteiger partial charge >= 0.3 is 0 Å². The maximum atomic E-state index is 12.3. The lowest BCUT2D eigenvalue weighted by atomic mass is 10.3. The fourth-order valence-electron chi connectivity index (χ4n) is 2.57. The van der Waals surface area contributed by atoms with Gasteiger partial charge in [0.1, 0.15) is 6.54 Å². The molecule has 1 aromatic heterocycles. The highest BCUT2D eigenvalue weighted by atomic mass is 16.3. The Morgan fingerprint density at radius 1 is 1.38 bits per heavy atom. The first-order valence-corrected chi connectivity index (χ1v) is 6.99. The Hall–Kier alpha value is -2.12. The smallest absolute Gasteiger partial charge is 0.274 e. The molecule has 0 unspecified atom stereocenters. The molecule has 0 spiro atoms. The number of fused-ring (bicyclic) bond motifs is 1. The van der Waals surface area contributed by atoms with Crippen molar-refractivity contribution in [2.24, 2.45) is 0 Å². The molecule has 1 atom stereocenters.